The Bertz CT molecular complexity index is 824. The number of nitrogens with zero attached hydrogens (tertiary/aromatic N) is 1. The number of benzene rings is 2. The van der Waals surface area contributed by atoms with Crippen molar-refractivity contribution in [3.63, 3.8) is 0 Å². The van der Waals surface area contributed by atoms with Gasteiger partial charge >= 0.3 is 0 Å². The number of thioether (sulfide) groups is 2. The molecule has 5 nitrogen and oxygen atoms in total. The number of aliphatic imine (C=N–C) groups is 1. The van der Waals surface area contributed by atoms with Crippen molar-refractivity contribution in [1.29, 1.82) is 0 Å². The maximum absolute atomic E-state index is 12.8. The molecule has 3 rings (SSSR count). The second-order valence-corrected chi connectivity index (χ2v) is 7.77. The van der Waals surface area contributed by atoms with Crippen molar-refractivity contribution in [2.45, 2.75) is 5.75 Å². The molecule has 0 saturated carbocycles. The van der Waals surface area contributed by atoms with E-state index in [4.69, 9.17) is 9.47 Å². The van der Waals surface area contributed by atoms with Crippen LogP contribution in [0.15, 0.2) is 47.5 Å². The van der Waals surface area contributed by atoms with Gasteiger partial charge in [0.15, 0.2) is 0 Å². The largest absolute Gasteiger partial charge is 0.497 e. The molecule has 1 heterocycles. The minimum Gasteiger partial charge on any atom is -0.497 e. The number of nitrogens with one attached hydrogen (secondary N) is 1. The van der Waals surface area contributed by atoms with Gasteiger partial charge in [-0.05, 0) is 23.8 Å². The lowest BCUT2D eigenvalue weighted by Crippen LogP contribution is -2.14. The summed E-state index contributed by atoms with van der Waals surface area (Å²) in [6.45, 7) is 0.881. The molecule has 136 valence electrons. The summed E-state index contributed by atoms with van der Waals surface area (Å²) in [6, 6.07) is 12.9. The summed E-state index contributed by atoms with van der Waals surface area (Å²) < 4.78 is 11.6. The van der Waals surface area contributed by atoms with Crippen LogP contribution >= 0.6 is 23.5 Å². The molecule has 1 aliphatic heterocycles. The predicted molar refractivity (Wildman–Crippen MR) is 110 cm³/mol. The first kappa shape index (κ1) is 18.7. The second kappa shape index (κ2) is 9.00. The van der Waals surface area contributed by atoms with Crippen molar-refractivity contribution < 1.29 is 14.3 Å². The highest BCUT2D eigenvalue weighted by Crippen LogP contribution is 2.30. The maximum atomic E-state index is 12.8. The first-order valence-electron chi connectivity index (χ1n) is 8.12. The third kappa shape index (κ3) is 4.53. The van der Waals surface area contributed by atoms with E-state index in [2.05, 4.69) is 10.3 Å². The summed E-state index contributed by atoms with van der Waals surface area (Å²) in [7, 11) is 3.16. The van der Waals surface area contributed by atoms with Gasteiger partial charge in [-0.15, -0.1) is 0 Å². The Morgan fingerprint density at radius 1 is 1.23 bits per heavy atom. The van der Waals surface area contributed by atoms with Crippen molar-refractivity contribution in [3.05, 3.63) is 53.6 Å². The average molecular weight is 389 g/mol. The van der Waals surface area contributed by atoms with Gasteiger partial charge in [-0.25, -0.2) is 0 Å². The van der Waals surface area contributed by atoms with Crippen LogP contribution in [0, 0.1) is 0 Å². The van der Waals surface area contributed by atoms with E-state index in [1.807, 2.05) is 24.3 Å². The molecule has 0 spiro atoms. The molecule has 0 bridgehead atoms. The Kier molecular flexibility index (Phi) is 6.46. The van der Waals surface area contributed by atoms with E-state index in [-0.39, 0.29) is 5.91 Å². The fraction of sp³-hybridized carbons (Fsp3) is 0.263. The summed E-state index contributed by atoms with van der Waals surface area (Å²) in [6.07, 6.45) is 0. The van der Waals surface area contributed by atoms with Crippen LogP contribution in [0.3, 0.4) is 0 Å². The molecule has 2 aromatic carbocycles. The summed E-state index contributed by atoms with van der Waals surface area (Å²) in [5.74, 6) is 2.83. The second-order valence-electron chi connectivity index (χ2n) is 5.46. The fourth-order valence-corrected chi connectivity index (χ4v) is 4.51. The highest BCUT2D eigenvalue weighted by molar-refractivity contribution is 8.38. The monoisotopic (exact) mass is 388 g/mol. The summed E-state index contributed by atoms with van der Waals surface area (Å²) in [4.78, 5) is 17.3. The minimum atomic E-state index is -0.161. The van der Waals surface area contributed by atoms with Gasteiger partial charge in [0.2, 0.25) is 0 Å². The SMILES string of the molecule is COc1ccc(NC(=O)c2ccccc2CSC2=NCCS2)c(OC)c1. The van der Waals surface area contributed by atoms with E-state index >= 15 is 0 Å². The van der Waals surface area contributed by atoms with E-state index < -0.39 is 0 Å². The van der Waals surface area contributed by atoms with Crippen LogP contribution in [0.4, 0.5) is 5.69 Å². The van der Waals surface area contributed by atoms with Crippen LogP contribution in [0.1, 0.15) is 15.9 Å². The Morgan fingerprint density at radius 3 is 2.81 bits per heavy atom. The lowest BCUT2D eigenvalue weighted by atomic mass is 10.1. The van der Waals surface area contributed by atoms with E-state index in [1.165, 1.54) is 0 Å². The zero-order valence-corrected chi connectivity index (χ0v) is 16.3. The van der Waals surface area contributed by atoms with Gasteiger partial charge in [0.1, 0.15) is 15.9 Å². The number of hydrogen-bond donors (Lipinski definition) is 1. The summed E-state index contributed by atoms with van der Waals surface area (Å²) >= 11 is 3.45. The molecule has 0 fully saturated rings. The predicted octanol–water partition coefficient (Wildman–Crippen LogP) is 4.29. The van der Waals surface area contributed by atoms with E-state index in [0.717, 1.165) is 28.0 Å². The molecule has 0 aliphatic carbocycles. The zero-order valence-electron chi connectivity index (χ0n) is 14.7. The molecule has 0 aromatic heterocycles. The number of anilines is 1. The van der Waals surface area contributed by atoms with Gasteiger partial charge in [-0.3, -0.25) is 9.79 Å². The molecule has 26 heavy (non-hydrogen) atoms. The van der Waals surface area contributed by atoms with Crippen molar-refractivity contribution in [3.8, 4) is 11.5 Å². The third-order valence-corrected chi connectivity index (χ3v) is 6.13. The normalized spacial score (nSPS) is 13.2. The highest BCUT2D eigenvalue weighted by Gasteiger charge is 2.15. The maximum Gasteiger partial charge on any atom is 0.256 e. The van der Waals surface area contributed by atoms with Crippen LogP contribution in [0.2, 0.25) is 0 Å². The molecule has 7 heteroatoms. The average Bonchev–Trinajstić information content (AvgIpc) is 3.20. The van der Waals surface area contributed by atoms with Crippen LogP contribution in [-0.2, 0) is 5.75 Å². The van der Waals surface area contributed by atoms with Crippen LogP contribution < -0.4 is 14.8 Å². The fourth-order valence-electron chi connectivity index (χ4n) is 2.50. The quantitative estimate of drug-likeness (QED) is 0.800. The molecule has 1 aliphatic rings. The smallest absolute Gasteiger partial charge is 0.256 e. The number of carbonyl (C=O) groups is 1. The van der Waals surface area contributed by atoms with Crippen LogP contribution in [-0.4, -0.2) is 36.8 Å². The van der Waals surface area contributed by atoms with Crippen molar-refractivity contribution >= 4 is 39.5 Å². The summed E-state index contributed by atoms with van der Waals surface area (Å²) in [5.41, 5.74) is 2.25. The molecule has 0 radical (unpaired) electrons. The number of amides is 1. The van der Waals surface area contributed by atoms with E-state index in [9.17, 15) is 4.79 Å². The Balaban J connectivity index is 1.75. The van der Waals surface area contributed by atoms with Gasteiger partial charge in [0.25, 0.3) is 5.91 Å². The topological polar surface area (TPSA) is 59.9 Å². The minimum absolute atomic E-state index is 0.161. The number of carbonyl (C=O) groups excluding carboxylic acids is 1. The first-order chi connectivity index (χ1) is 12.7. The van der Waals surface area contributed by atoms with Crippen molar-refractivity contribution in [2.75, 3.05) is 31.8 Å². The highest BCUT2D eigenvalue weighted by atomic mass is 32.2. The van der Waals surface area contributed by atoms with Gasteiger partial charge < -0.3 is 14.8 Å². The molecular formula is C19H20N2O3S2. The third-order valence-electron chi connectivity index (χ3n) is 3.83. The lowest BCUT2D eigenvalue weighted by Gasteiger charge is -2.13. The number of hydrogen-bond acceptors (Lipinski definition) is 6. The van der Waals surface area contributed by atoms with Gasteiger partial charge in [0.05, 0.1) is 26.5 Å². The molecule has 2 aromatic rings. The molecule has 0 saturated heterocycles. The van der Waals surface area contributed by atoms with Crippen molar-refractivity contribution in [1.82, 2.24) is 0 Å². The molecule has 1 N–H and O–H groups in total. The Hall–Kier alpha value is -2.12. The van der Waals surface area contributed by atoms with Crippen molar-refractivity contribution in [2.24, 2.45) is 4.99 Å². The zero-order chi connectivity index (χ0) is 18.4. The molecule has 0 atom stereocenters. The molecule has 0 unspecified atom stereocenters. The first-order valence-corrected chi connectivity index (χ1v) is 10.1. The Labute approximate surface area is 161 Å². The standard InChI is InChI=1S/C19H20N2O3S2/c1-23-14-7-8-16(17(11-14)24-2)21-18(22)15-6-4-3-5-13(15)12-26-19-20-9-10-25-19/h3-8,11H,9-10,12H2,1-2H3,(H,21,22). The summed E-state index contributed by atoms with van der Waals surface area (Å²) in [5, 5.41) is 2.93. The number of rotatable bonds is 6. The van der Waals surface area contributed by atoms with E-state index in [1.54, 1.807) is 55.9 Å². The lowest BCUT2D eigenvalue weighted by molar-refractivity contribution is 0.102. The molecule has 1 amide bonds. The Morgan fingerprint density at radius 2 is 2.08 bits per heavy atom. The van der Waals surface area contributed by atoms with Gasteiger partial charge in [-0.1, -0.05) is 41.7 Å². The number of ether oxygens (including phenoxy) is 2. The van der Waals surface area contributed by atoms with Crippen LogP contribution in [0.5, 0.6) is 11.5 Å². The molecular weight excluding hydrogens is 368 g/mol. The van der Waals surface area contributed by atoms with E-state index in [0.29, 0.717) is 22.7 Å². The van der Waals surface area contributed by atoms with Gasteiger partial charge in [0, 0.05) is 23.1 Å². The van der Waals surface area contributed by atoms with Crippen LogP contribution in [0.25, 0.3) is 0 Å². The number of methoxy groups -OCH3 is 2. The van der Waals surface area contributed by atoms with Gasteiger partial charge in [-0.2, -0.15) is 0 Å².